The first-order valence-corrected chi connectivity index (χ1v) is 8.00. The maximum absolute atomic E-state index is 13.5. The summed E-state index contributed by atoms with van der Waals surface area (Å²) in [5.41, 5.74) is 1.83. The summed E-state index contributed by atoms with van der Waals surface area (Å²) in [6.45, 7) is 1.30. The third-order valence-corrected chi connectivity index (χ3v) is 3.49. The van der Waals surface area contributed by atoms with E-state index in [1.165, 1.54) is 6.07 Å². The molecule has 0 atom stereocenters. The van der Waals surface area contributed by atoms with Crippen LogP contribution < -0.4 is 14.8 Å². The Morgan fingerprint density at radius 3 is 2.19 bits per heavy atom. The number of ether oxygens (including phenoxy) is 2. The fraction of sp³-hybridized carbons (Fsp3) is 0.263. The van der Waals surface area contributed by atoms with Crippen LogP contribution in [0.15, 0.2) is 42.5 Å². The highest BCUT2D eigenvalue weighted by Gasteiger charge is 2.05. The molecule has 7 nitrogen and oxygen atoms in total. The minimum atomic E-state index is -1.82. The van der Waals surface area contributed by atoms with Crippen LogP contribution in [0.3, 0.4) is 0 Å². The van der Waals surface area contributed by atoms with Crippen LogP contribution in [0.1, 0.15) is 11.1 Å². The highest BCUT2D eigenvalue weighted by molar-refractivity contribution is 6.27. The van der Waals surface area contributed by atoms with Gasteiger partial charge in [0.1, 0.15) is 5.82 Å². The van der Waals surface area contributed by atoms with Gasteiger partial charge in [-0.25, -0.2) is 14.0 Å². The summed E-state index contributed by atoms with van der Waals surface area (Å²) in [5, 5.41) is 18.0. The van der Waals surface area contributed by atoms with E-state index in [-0.39, 0.29) is 5.82 Å². The van der Waals surface area contributed by atoms with Crippen molar-refractivity contribution >= 4 is 11.9 Å². The minimum Gasteiger partial charge on any atom is -0.493 e. The molecule has 0 radical (unpaired) electrons. The molecule has 2 rings (SSSR count). The molecular formula is C19H22FNO6. The van der Waals surface area contributed by atoms with Gasteiger partial charge in [-0.15, -0.1) is 0 Å². The maximum Gasteiger partial charge on any atom is 0.414 e. The van der Waals surface area contributed by atoms with Crippen LogP contribution in [0, 0.1) is 5.82 Å². The van der Waals surface area contributed by atoms with E-state index in [9.17, 15) is 4.39 Å². The van der Waals surface area contributed by atoms with Gasteiger partial charge in [-0.2, -0.15) is 0 Å². The number of benzene rings is 2. The van der Waals surface area contributed by atoms with Crippen LogP contribution in [0.5, 0.6) is 11.5 Å². The van der Waals surface area contributed by atoms with Gasteiger partial charge >= 0.3 is 11.9 Å². The molecule has 8 heteroatoms. The Kier molecular flexibility index (Phi) is 9.32. The lowest BCUT2D eigenvalue weighted by molar-refractivity contribution is -0.159. The Morgan fingerprint density at radius 1 is 1.00 bits per heavy atom. The van der Waals surface area contributed by atoms with Gasteiger partial charge in [0.25, 0.3) is 0 Å². The summed E-state index contributed by atoms with van der Waals surface area (Å²) in [7, 11) is 3.24. The number of hydrogen-bond donors (Lipinski definition) is 3. The van der Waals surface area contributed by atoms with Gasteiger partial charge in [-0.1, -0.05) is 24.3 Å². The second-order valence-corrected chi connectivity index (χ2v) is 5.32. The largest absolute Gasteiger partial charge is 0.493 e. The Hall–Kier alpha value is -3.13. The summed E-state index contributed by atoms with van der Waals surface area (Å²) in [6.07, 6.45) is 0.842. The van der Waals surface area contributed by atoms with Gasteiger partial charge in [0, 0.05) is 12.1 Å². The van der Waals surface area contributed by atoms with Crippen molar-refractivity contribution in [3.8, 4) is 11.5 Å². The molecular weight excluding hydrogens is 357 g/mol. The van der Waals surface area contributed by atoms with Crippen molar-refractivity contribution in [1.29, 1.82) is 0 Å². The number of carboxylic acid groups (broad SMARTS) is 2. The van der Waals surface area contributed by atoms with Crippen molar-refractivity contribution in [3.05, 3.63) is 59.4 Å². The quantitative estimate of drug-likeness (QED) is 0.501. The first-order valence-electron chi connectivity index (χ1n) is 8.00. The maximum atomic E-state index is 13.5. The lowest BCUT2D eigenvalue weighted by Crippen LogP contribution is -2.17. The van der Waals surface area contributed by atoms with Crippen LogP contribution in [0.25, 0.3) is 0 Å². The Bertz CT molecular complexity index is 754. The molecule has 0 heterocycles. The highest BCUT2D eigenvalue weighted by Crippen LogP contribution is 2.27. The normalized spacial score (nSPS) is 9.74. The second kappa shape index (κ2) is 11.5. The molecule has 146 valence electrons. The smallest absolute Gasteiger partial charge is 0.414 e. The van der Waals surface area contributed by atoms with E-state index in [1.54, 1.807) is 26.4 Å². The first kappa shape index (κ1) is 21.9. The van der Waals surface area contributed by atoms with Gasteiger partial charge < -0.3 is 25.0 Å². The zero-order chi connectivity index (χ0) is 20.2. The number of aliphatic carboxylic acids is 2. The zero-order valence-corrected chi connectivity index (χ0v) is 15.1. The van der Waals surface area contributed by atoms with Crippen LogP contribution >= 0.6 is 0 Å². The summed E-state index contributed by atoms with van der Waals surface area (Å²) in [6, 6.07) is 12.7. The van der Waals surface area contributed by atoms with E-state index < -0.39 is 11.9 Å². The standard InChI is InChI=1S/C17H20FNO2.C2H2O4/c1-20-16-8-7-13(11-17(16)21-2)9-10-19-12-14-5-3-4-6-15(14)18;3-1(4)2(5)6/h3-8,11,19H,9-10,12H2,1-2H3;(H,3,4)(H,5,6). The minimum absolute atomic E-state index is 0.170. The molecule has 2 aromatic rings. The molecule has 0 fully saturated rings. The van der Waals surface area contributed by atoms with Gasteiger partial charge in [0.15, 0.2) is 11.5 Å². The third kappa shape index (κ3) is 7.74. The molecule has 0 saturated carbocycles. The molecule has 0 aliphatic carbocycles. The topological polar surface area (TPSA) is 105 Å². The molecule has 0 aromatic heterocycles. The van der Waals surface area contributed by atoms with E-state index in [1.807, 2.05) is 24.3 Å². The SMILES string of the molecule is COc1ccc(CCNCc2ccccc2F)cc1OC.O=C(O)C(=O)O. The molecule has 0 saturated heterocycles. The van der Waals surface area contributed by atoms with E-state index >= 15 is 0 Å². The fourth-order valence-corrected chi connectivity index (χ4v) is 2.13. The second-order valence-electron chi connectivity index (χ2n) is 5.32. The number of hydrogen-bond acceptors (Lipinski definition) is 5. The molecule has 27 heavy (non-hydrogen) atoms. The molecule has 0 spiro atoms. The van der Waals surface area contributed by atoms with Crippen LogP contribution in [-0.2, 0) is 22.6 Å². The van der Waals surface area contributed by atoms with E-state index in [0.29, 0.717) is 12.1 Å². The summed E-state index contributed by atoms with van der Waals surface area (Å²) >= 11 is 0. The van der Waals surface area contributed by atoms with Crippen molar-refractivity contribution in [2.45, 2.75) is 13.0 Å². The molecule has 2 aromatic carbocycles. The molecule has 0 unspecified atom stereocenters. The summed E-state index contributed by atoms with van der Waals surface area (Å²) < 4.78 is 23.9. The van der Waals surface area contributed by atoms with Gasteiger partial charge in [0.2, 0.25) is 0 Å². The van der Waals surface area contributed by atoms with Crippen molar-refractivity contribution in [3.63, 3.8) is 0 Å². The predicted octanol–water partition coefficient (Wildman–Crippen LogP) is 2.33. The lowest BCUT2D eigenvalue weighted by Gasteiger charge is -2.10. The fourth-order valence-electron chi connectivity index (χ4n) is 2.13. The van der Waals surface area contributed by atoms with E-state index in [4.69, 9.17) is 29.3 Å². The highest BCUT2D eigenvalue weighted by atomic mass is 19.1. The van der Waals surface area contributed by atoms with E-state index in [0.717, 1.165) is 30.0 Å². The first-order chi connectivity index (χ1) is 12.9. The van der Waals surface area contributed by atoms with Crippen LogP contribution in [-0.4, -0.2) is 42.9 Å². The molecule has 0 aliphatic heterocycles. The third-order valence-electron chi connectivity index (χ3n) is 3.49. The number of rotatable bonds is 7. The summed E-state index contributed by atoms with van der Waals surface area (Å²) in [4.78, 5) is 18.2. The van der Waals surface area contributed by atoms with Crippen LogP contribution in [0.4, 0.5) is 4.39 Å². The van der Waals surface area contributed by atoms with Gasteiger partial charge in [-0.05, 0) is 36.7 Å². The average Bonchev–Trinajstić information content (AvgIpc) is 2.66. The zero-order valence-electron chi connectivity index (χ0n) is 15.1. The number of halogens is 1. The monoisotopic (exact) mass is 379 g/mol. The van der Waals surface area contributed by atoms with Crippen molar-refractivity contribution in [2.24, 2.45) is 0 Å². The van der Waals surface area contributed by atoms with Gasteiger partial charge in [-0.3, -0.25) is 0 Å². The molecule has 0 bridgehead atoms. The Balaban J connectivity index is 0.000000527. The average molecular weight is 379 g/mol. The number of carboxylic acids is 2. The molecule has 0 amide bonds. The number of carbonyl (C=O) groups is 2. The lowest BCUT2D eigenvalue weighted by atomic mass is 10.1. The van der Waals surface area contributed by atoms with Crippen molar-refractivity contribution < 1.29 is 33.7 Å². The number of nitrogens with one attached hydrogen (secondary N) is 1. The Labute approximate surface area is 156 Å². The van der Waals surface area contributed by atoms with Gasteiger partial charge in [0.05, 0.1) is 14.2 Å². The molecule has 3 N–H and O–H groups in total. The predicted molar refractivity (Wildman–Crippen MR) is 96.6 cm³/mol. The molecule has 0 aliphatic rings. The van der Waals surface area contributed by atoms with Crippen LogP contribution in [0.2, 0.25) is 0 Å². The Morgan fingerprint density at radius 2 is 1.63 bits per heavy atom. The summed E-state index contributed by atoms with van der Waals surface area (Å²) in [5.74, 6) is -2.37. The van der Waals surface area contributed by atoms with E-state index in [2.05, 4.69) is 5.32 Å². The number of methoxy groups -OCH3 is 2. The van der Waals surface area contributed by atoms with Crippen molar-refractivity contribution in [2.75, 3.05) is 20.8 Å². The van der Waals surface area contributed by atoms with Crippen molar-refractivity contribution in [1.82, 2.24) is 5.32 Å².